The van der Waals surface area contributed by atoms with Gasteiger partial charge in [-0.15, -0.1) is 0 Å². The molecule has 41 heavy (non-hydrogen) atoms. The third kappa shape index (κ3) is 6.25. The van der Waals surface area contributed by atoms with Crippen LogP contribution in [0.15, 0.2) is 36.8 Å². The van der Waals surface area contributed by atoms with Gasteiger partial charge in [0, 0.05) is 18.0 Å². The van der Waals surface area contributed by atoms with Crippen LogP contribution in [-0.4, -0.2) is 36.8 Å². The third-order valence-electron chi connectivity index (χ3n) is 8.23. The van der Waals surface area contributed by atoms with E-state index in [1.54, 1.807) is 0 Å². The molecule has 3 aromatic rings. The van der Waals surface area contributed by atoms with E-state index in [0.717, 1.165) is 56.5 Å². The molecule has 5 rings (SSSR count). The average molecular weight is 575 g/mol. The third-order valence-corrected chi connectivity index (χ3v) is 8.23. The summed E-state index contributed by atoms with van der Waals surface area (Å²) in [6.07, 6.45) is 4.49. The van der Waals surface area contributed by atoms with Crippen molar-refractivity contribution < 1.29 is 37.0 Å². The standard InChI is InChI=1S/C29H30F4N4O4/c1-16-5-7-19(8-6-16)26(38)25(18-3-2-4-18)20-12-23(30)24(13-21(20)28(39)40)41-27-22(29(31,32)33)11-17(14-34-27)15-37-35-9-10-36-37/h9-14,16,18-19,25H,2-8,15H2,1H3,(H,39,40)/t16-,19-,25?. The number of carbonyl (C=O) groups excluding carboxylic acids is 1. The maximum atomic E-state index is 15.5. The van der Waals surface area contributed by atoms with Gasteiger partial charge in [-0.25, -0.2) is 14.2 Å². The first-order chi connectivity index (χ1) is 19.5. The highest BCUT2D eigenvalue weighted by molar-refractivity contribution is 5.95. The Bertz CT molecular complexity index is 1410. The van der Waals surface area contributed by atoms with Crippen LogP contribution in [0.25, 0.3) is 0 Å². The van der Waals surface area contributed by atoms with E-state index in [1.165, 1.54) is 17.2 Å². The number of Topliss-reactive ketones (excluding diaryl/α,β-unsaturated/α-hetero) is 1. The zero-order valence-corrected chi connectivity index (χ0v) is 22.4. The maximum absolute atomic E-state index is 15.5. The summed E-state index contributed by atoms with van der Waals surface area (Å²) in [7, 11) is 0. The highest BCUT2D eigenvalue weighted by Crippen LogP contribution is 2.46. The molecule has 0 aliphatic heterocycles. The Balaban J connectivity index is 1.49. The molecule has 218 valence electrons. The van der Waals surface area contributed by atoms with Crippen LogP contribution in [0.4, 0.5) is 17.6 Å². The predicted octanol–water partition coefficient (Wildman–Crippen LogP) is 6.65. The molecular weight excluding hydrogens is 544 g/mol. The first kappa shape index (κ1) is 28.7. The fourth-order valence-corrected chi connectivity index (χ4v) is 5.76. The van der Waals surface area contributed by atoms with E-state index in [1.807, 2.05) is 0 Å². The van der Waals surface area contributed by atoms with Crippen molar-refractivity contribution in [3.8, 4) is 11.6 Å². The molecule has 8 nitrogen and oxygen atoms in total. The van der Waals surface area contributed by atoms with Crippen molar-refractivity contribution in [1.82, 2.24) is 20.0 Å². The molecule has 2 heterocycles. The monoisotopic (exact) mass is 574 g/mol. The van der Waals surface area contributed by atoms with Crippen molar-refractivity contribution in [3.05, 3.63) is 64.9 Å². The second-order valence-electron chi connectivity index (χ2n) is 11.1. The average Bonchev–Trinajstić information content (AvgIpc) is 3.40. The minimum Gasteiger partial charge on any atom is -0.478 e. The number of rotatable bonds is 9. The van der Waals surface area contributed by atoms with Gasteiger partial charge in [-0.3, -0.25) is 4.79 Å². The molecule has 1 aromatic carbocycles. The quantitative estimate of drug-likeness (QED) is 0.285. The lowest BCUT2D eigenvalue weighted by molar-refractivity contribution is -0.139. The zero-order valence-electron chi connectivity index (χ0n) is 22.4. The summed E-state index contributed by atoms with van der Waals surface area (Å²) in [6, 6.07) is 2.60. The molecule has 0 bridgehead atoms. The van der Waals surface area contributed by atoms with Gasteiger partial charge >= 0.3 is 12.1 Å². The highest BCUT2D eigenvalue weighted by atomic mass is 19.4. The molecular formula is C29H30F4N4O4. The van der Waals surface area contributed by atoms with Crippen molar-refractivity contribution in [2.24, 2.45) is 17.8 Å². The van der Waals surface area contributed by atoms with Crippen LogP contribution < -0.4 is 4.74 Å². The smallest absolute Gasteiger partial charge is 0.421 e. The van der Waals surface area contributed by atoms with Crippen LogP contribution in [0, 0.1) is 23.6 Å². The van der Waals surface area contributed by atoms with Crippen LogP contribution in [-0.2, 0) is 17.5 Å². The van der Waals surface area contributed by atoms with E-state index in [0.29, 0.717) is 18.8 Å². The van der Waals surface area contributed by atoms with E-state index in [2.05, 4.69) is 22.1 Å². The topological polar surface area (TPSA) is 107 Å². The number of aromatic carboxylic acids is 1. The summed E-state index contributed by atoms with van der Waals surface area (Å²) in [5.41, 5.74) is -1.47. The maximum Gasteiger partial charge on any atom is 0.421 e. The highest BCUT2D eigenvalue weighted by Gasteiger charge is 2.41. The van der Waals surface area contributed by atoms with Crippen molar-refractivity contribution in [1.29, 1.82) is 0 Å². The number of pyridine rings is 1. The van der Waals surface area contributed by atoms with Crippen molar-refractivity contribution in [2.75, 3.05) is 0 Å². The summed E-state index contributed by atoms with van der Waals surface area (Å²) in [4.78, 5) is 31.0. The molecule has 0 spiro atoms. The molecule has 0 amide bonds. The fraction of sp³-hybridized carbons (Fsp3) is 0.483. The Morgan fingerprint density at radius 1 is 1.07 bits per heavy atom. The minimum absolute atomic E-state index is 0.0433. The number of hydrogen-bond donors (Lipinski definition) is 1. The normalized spacial score (nSPS) is 20.3. The van der Waals surface area contributed by atoms with Crippen LogP contribution in [0.5, 0.6) is 11.6 Å². The number of benzene rings is 1. The minimum atomic E-state index is -4.90. The molecule has 2 aromatic heterocycles. The molecule has 1 atom stereocenters. The number of alkyl halides is 3. The van der Waals surface area contributed by atoms with E-state index in [-0.39, 0.29) is 40.9 Å². The summed E-state index contributed by atoms with van der Waals surface area (Å²) < 4.78 is 62.5. The van der Waals surface area contributed by atoms with Gasteiger partial charge in [0.25, 0.3) is 0 Å². The molecule has 12 heteroatoms. The summed E-state index contributed by atoms with van der Waals surface area (Å²) >= 11 is 0. The largest absolute Gasteiger partial charge is 0.478 e. The molecule has 0 saturated heterocycles. The van der Waals surface area contributed by atoms with Gasteiger partial charge in [0.2, 0.25) is 5.88 Å². The second-order valence-corrected chi connectivity index (χ2v) is 11.1. The number of carboxylic acid groups (broad SMARTS) is 1. The second kappa shape index (κ2) is 11.6. The number of carbonyl (C=O) groups is 2. The van der Waals surface area contributed by atoms with Gasteiger partial charge < -0.3 is 9.84 Å². The van der Waals surface area contributed by atoms with Crippen molar-refractivity contribution >= 4 is 11.8 Å². The predicted molar refractivity (Wildman–Crippen MR) is 138 cm³/mol. The number of aromatic nitrogens is 4. The number of ketones is 1. The SMILES string of the molecule is C[C@H]1CC[C@H](C(=O)C(c2cc(F)c(Oc3ncc(Cn4nccn4)cc3C(F)(F)F)cc2C(=O)O)C2CCC2)CC1. The molecule has 1 N–H and O–H groups in total. The first-order valence-corrected chi connectivity index (χ1v) is 13.7. The Labute approximate surface area is 233 Å². The molecule has 2 saturated carbocycles. The summed E-state index contributed by atoms with van der Waals surface area (Å²) in [5.74, 6) is -4.86. The number of hydrogen-bond acceptors (Lipinski definition) is 6. The van der Waals surface area contributed by atoms with Gasteiger partial charge in [-0.2, -0.15) is 28.2 Å². The lowest BCUT2D eigenvalue weighted by Crippen LogP contribution is -2.34. The van der Waals surface area contributed by atoms with Crippen molar-refractivity contribution in [2.45, 2.75) is 70.5 Å². The van der Waals surface area contributed by atoms with E-state index in [9.17, 15) is 27.9 Å². The summed E-state index contributed by atoms with van der Waals surface area (Å²) in [5, 5.41) is 17.8. The molecule has 0 radical (unpaired) electrons. The van der Waals surface area contributed by atoms with Crippen LogP contribution in [0.2, 0.25) is 0 Å². The first-order valence-electron chi connectivity index (χ1n) is 13.7. The molecule has 2 fully saturated rings. The summed E-state index contributed by atoms with van der Waals surface area (Å²) in [6.45, 7) is 2.04. The van der Waals surface area contributed by atoms with E-state index in [4.69, 9.17) is 4.74 Å². The number of halogens is 4. The number of carboxylic acids is 1. The molecule has 2 aliphatic carbocycles. The zero-order chi connectivity index (χ0) is 29.3. The Morgan fingerprint density at radius 2 is 1.76 bits per heavy atom. The van der Waals surface area contributed by atoms with Gasteiger partial charge in [-0.1, -0.05) is 26.2 Å². The van der Waals surface area contributed by atoms with Crippen LogP contribution in [0.3, 0.4) is 0 Å². The van der Waals surface area contributed by atoms with Crippen LogP contribution in [0.1, 0.15) is 84.8 Å². The lowest BCUT2D eigenvalue weighted by atomic mass is 9.66. The molecule has 2 aliphatic rings. The van der Waals surface area contributed by atoms with Gasteiger partial charge in [0.05, 0.1) is 24.5 Å². The van der Waals surface area contributed by atoms with Crippen molar-refractivity contribution in [3.63, 3.8) is 0 Å². The fourth-order valence-electron chi connectivity index (χ4n) is 5.76. The number of nitrogens with zero attached hydrogens (tertiary/aromatic N) is 4. The Morgan fingerprint density at radius 3 is 2.34 bits per heavy atom. The van der Waals surface area contributed by atoms with Gasteiger partial charge in [0.15, 0.2) is 11.6 Å². The van der Waals surface area contributed by atoms with Crippen LogP contribution >= 0.6 is 0 Å². The lowest BCUT2D eigenvalue weighted by Gasteiger charge is -2.37. The van der Waals surface area contributed by atoms with E-state index >= 15 is 4.39 Å². The Kier molecular flexibility index (Phi) is 8.10. The number of ether oxygens (including phenoxy) is 1. The van der Waals surface area contributed by atoms with Gasteiger partial charge in [-0.05, 0) is 66.8 Å². The Hall–Kier alpha value is -3.83. The van der Waals surface area contributed by atoms with E-state index < -0.39 is 41.1 Å². The van der Waals surface area contributed by atoms with Gasteiger partial charge in [0.1, 0.15) is 11.3 Å². The molecule has 1 unspecified atom stereocenters.